The van der Waals surface area contributed by atoms with Gasteiger partial charge in [-0.3, -0.25) is 15.1 Å². The highest BCUT2D eigenvalue weighted by Crippen LogP contribution is 2.30. The van der Waals surface area contributed by atoms with Gasteiger partial charge < -0.3 is 0 Å². The summed E-state index contributed by atoms with van der Waals surface area (Å²) < 4.78 is 0. The van der Waals surface area contributed by atoms with Crippen LogP contribution in [0.1, 0.15) is 41.5 Å². The zero-order valence-corrected chi connectivity index (χ0v) is 12.1. The smallest absolute Gasteiger partial charge is 0.182 e. The molecule has 0 fully saturated rings. The van der Waals surface area contributed by atoms with E-state index in [9.17, 15) is 10.0 Å². The molecule has 0 saturated heterocycles. The summed E-state index contributed by atoms with van der Waals surface area (Å²) in [7, 11) is 0. The molecular weight excluding hydrogens is 226 g/mol. The molecule has 0 aromatic heterocycles. The number of nitrogens with zero attached hydrogens (tertiary/aromatic N) is 1. The molecule has 1 aliphatic carbocycles. The van der Waals surface area contributed by atoms with Crippen LogP contribution in [0.15, 0.2) is 35.6 Å². The van der Waals surface area contributed by atoms with Crippen LogP contribution in [0.25, 0.3) is 0 Å². The molecule has 0 atom stereocenters. The number of rotatable bonds is 1. The molecule has 0 unspecified atom stereocenters. The average molecular weight is 249 g/mol. The second-order valence-electron chi connectivity index (χ2n) is 6.65. The minimum atomic E-state index is -0.363. The van der Waals surface area contributed by atoms with Gasteiger partial charge in [0, 0.05) is 11.8 Å². The fraction of sp³-hybridized carbons (Fsp3) is 0.533. The number of allylic oxidation sites excluding steroid dienone is 5. The standard InChI is InChI=1S/C15H23NO2/c1-14(2,3)12-9-11(7-8-13(12)17)10-16(18)15(4,5)6/h7-10,18H,1-6H3/b11-10-. The first-order valence-corrected chi connectivity index (χ1v) is 6.16. The van der Waals surface area contributed by atoms with E-state index < -0.39 is 0 Å². The molecule has 0 bridgehead atoms. The van der Waals surface area contributed by atoms with E-state index in [1.165, 1.54) is 5.06 Å². The van der Waals surface area contributed by atoms with E-state index in [2.05, 4.69) is 0 Å². The summed E-state index contributed by atoms with van der Waals surface area (Å²) >= 11 is 0. The first kappa shape index (κ1) is 14.7. The molecule has 0 aromatic carbocycles. The molecule has 1 aliphatic rings. The predicted molar refractivity (Wildman–Crippen MR) is 73.1 cm³/mol. The Labute approximate surface area is 109 Å². The summed E-state index contributed by atoms with van der Waals surface area (Å²) in [5.74, 6) is 0.0416. The van der Waals surface area contributed by atoms with E-state index in [4.69, 9.17) is 0 Å². The Bertz CT molecular complexity index is 428. The van der Waals surface area contributed by atoms with Crippen LogP contribution >= 0.6 is 0 Å². The van der Waals surface area contributed by atoms with Crippen molar-refractivity contribution in [2.75, 3.05) is 0 Å². The summed E-state index contributed by atoms with van der Waals surface area (Å²) in [6, 6.07) is 0. The Morgan fingerprint density at radius 3 is 2.11 bits per heavy atom. The summed E-state index contributed by atoms with van der Waals surface area (Å²) in [5.41, 5.74) is 1.04. The third-order valence-corrected chi connectivity index (χ3v) is 2.77. The minimum absolute atomic E-state index is 0.0416. The van der Waals surface area contributed by atoms with E-state index >= 15 is 0 Å². The maximum atomic E-state index is 11.8. The third-order valence-electron chi connectivity index (χ3n) is 2.77. The fourth-order valence-corrected chi connectivity index (χ4v) is 1.55. The van der Waals surface area contributed by atoms with Crippen LogP contribution < -0.4 is 0 Å². The van der Waals surface area contributed by atoms with Crippen LogP contribution in [0.4, 0.5) is 0 Å². The Morgan fingerprint density at radius 2 is 1.67 bits per heavy atom. The average Bonchev–Trinajstić information content (AvgIpc) is 2.17. The molecular formula is C15H23NO2. The van der Waals surface area contributed by atoms with Gasteiger partial charge in [-0.2, -0.15) is 0 Å². The van der Waals surface area contributed by atoms with Gasteiger partial charge in [0.25, 0.3) is 0 Å². The molecule has 0 aliphatic heterocycles. The van der Waals surface area contributed by atoms with E-state index in [0.29, 0.717) is 0 Å². The van der Waals surface area contributed by atoms with Gasteiger partial charge >= 0.3 is 0 Å². The number of hydrogen-bond acceptors (Lipinski definition) is 3. The van der Waals surface area contributed by atoms with Gasteiger partial charge in [-0.1, -0.05) is 20.8 Å². The molecule has 0 saturated carbocycles. The largest absolute Gasteiger partial charge is 0.290 e. The van der Waals surface area contributed by atoms with Gasteiger partial charge in [-0.25, -0.2) is 0 Å². The Hall–Kier alpha value is -1.35. The zero-order valence-electron chi connectivity index (χ0n) is 12.1. The summed E-state index contributed by atoms with van der Waals surface area (Å²) in [5, 5.41) is 11.1. The summed E-state index contributed by atoms with van der Waals surface area (Å²) in [6.45, 7) is 11.8. The normalized spacial score (nSPS) is 19.2. The van der Waals surface area contributed by atoms with Crippen molar-refractivity contribution in [1.82, 2.24) is 5.06 Å². The lowest BCUT2D eigenvalue weighted by atomic mass is 9.81. The van der Waals surface area contributed by atoms with Crippen molar-refractivity contribution < 1.29 is 10.0 Å². The molecule has 3 heteroatoms. The van der Waals surface area contributed by atoms with Gasteiger partial charge in [0.05, 0.1) is 5.54 Å². The number of hydroxylamine groups is 2. The lowest BCUT2D eigenvalue weighted by Gasteiger charge is -2.29. The van der Waals surface area contributed by atoms with Gasteiger partial charge in [0.1, 0.15) is 0 Å². The minimum Gasteiger partial charge on any atom is -0.290 e. The molecule has 1 rings (SSSR count). The maximum absolute atomic E-state index is 11.8. The van der Waals surface area contributed by atoms with Crippen molar-refractivity contribution in [1.29, 1.82) is 0 Å². The van der Waals surface area contributed by atoms with Crippen LogP contribution in [0.5, 0.6) is 0 Å². The topological polar surface area (TPSA) is 40.5 Å². The number of hydrogen-bond donors (Lipinski definition) is 1. The molecule has 0 aromatic rings. The van der Waals surface area contributed by atoms with Gasteiger partial charge in [0.2, 0.25) is 0 Å². The zero-order chi connectivity index (χ0) is 14.1. The van der Waals surface area contributed by atoms with Crippen molar-refractivity contribution in [3.8, 4) is 0 Å². The monoisotopic (exact) mass is 249 g/mol. The van der Waals surface area contributed by atoms with Crippen LogP contribution in [0, 0.1) is 5.41 Å². The van der Waals surface area contributed by atoms with E-state index in [1.54, 1.807) is 18.4 Å². The van der Waals surface area contributed by atoms with Crippen molar-refractivity contribution in [2.45, 2.75) is 47.1 Å². The molecule has 0 spiro atoms. The molecule has 1 N–H and O–H groups in total. The Balaban J connectivity index is 3.07. The molecule has 0 radical (unpaired) electrons. The highest BCUT2D eigenvalue weighted by Gasteiger charge is 2.25. The van der Waals surface area contributed by atoms with E-state index in [-0.39, 0.29) is 16.7 Å². The molecule has 3 nitrogen and oxygen atoms in total. The SMILES string of the molecule is CC(C)(C)C1=C/C(=C\N(O)C(C)(C)C)C=CC1=O. The van der Waals surface area contributed by atoms with Crippen molar-refractivity contribution >= 4 is 5.78 Å². The highest BCUT2D eigenvalue weighted by molar-refractivity contribution is 6.06. The number of ketones is 1. The predicted octanol–water partition coefficient (Wildman–Crippen LogP) is 3.47. The Morgan fingerprint density at radius 1 is 1.11 bits per heavy atom. The first-order chi connectivity index (χ1) is 8.01. The van der Waals surface area contributed by atoms with Crippen molar-refractivity contribution in [3.63, 3.8) is 0 Å². The lowest BCUT2D eigenvalue weighted by Crippen LogP contribution is -2.34. The molecule has 0 amide bonds. The summed E-state index contributed by atoms with van der Waals surface area (Å²) in [6.07, 6.45) is 6.78. The van der Waals surface area contributed by atoms with Crippen LogP contribution in [-0.2, 0) is 4.79 Å². The fourth-order valence-electron chi connectivity index (χ4n) is 1.55. The lowest BCUT2D eigenvalue weighted by molar-refractivity contribution is -0.112. The highest BCUT2D eigenvalue weighted by atomic mass is 16.5. The molecule has 100 valence electrons. The Kier molecular flexibility index (Phi) is 3.86. The quantitative estimate of drug-likeness (QED) is 0.723. The van der Waals surface area contributed by atoms with Crippen molar-refractivity contribution in [2.24, 2.45) is 5.41 Å². The maximum Gasteiger partial charge on any atom is 0.182 e. The van der Waals surface area contributed by atoms with Crippen LogP contribution in [-0.4, -0.2) is 21.6 Å². The molecule has 18 heavy (non-hydrogen) atoms. The van der Waals surface area contributed by atoms with Crippen LogP contribution in [0.3, 0.4) is 0 Å². The molecule has 0 heterocycles. The first-order valence-electron chi connectivity index (χ1n) is 6.16. The second kappa shape index (κ2) is 4.73. The number of carbonyl (C=O) groups is 1. The second-order valence-corrected chi connectivity index (χ2v) is 6.65. The van der Waals surface area contributed by atoms with Gasteiger partial charge in [-0.15, -0.1) is 0 Å². The number of carbonyl (C=O) groups excluding carboxylic acids is 1. The van der Waals surface area contributed by atoms with Gasteiger partial charge in [0.15, 0.2) is 5.78 Å². The van der Waals surface area contributed by atoms with Gasteiger partial charge in [-0.05, 0) is 50.0 Å². The summed E-state index contributed by atoms with van der Waals surface area (Å²) in [4.78, 5) is 11.8. The van der Waals surface area contributed by atoms with Crippen molar-refractivity contribution in [3.05, 3.63) is 35.6 Å². The third kappa shape index (κ3) is 3.57. The van der Waals surface area contributed by atoms with Crippen LogP contribution in [0.2, 0.25) is 0 Å². The van der Waals surface area contributed by atoms with E-state index in [0.717, 1.165) is 11.1 Å². The van der Waals surface area contributed by atoms with E-state index in [1.807, 2.05) is 47.6 Å².